The van der Waals surface area contributed by atoms with Gasteiger partial charge in [-0.1, -0.05) is 321 Å². The van der Waals surface area contributed by atoms with E-state index in [1.165, 1.54) is 244 Å². The van der Waals surface area contributed by atoms with Crippen molar-refractivity contribution in [2.24, 2.45) is 0 Å². The molecule has 72 heavy (non-hydrogen) atoms. The average Bonchev–Trinajstić information content (AvgIpc) is 3.38. The molecule has 0 aromatic rings. The quantitative estimate of drug-likeness (QED) is 0.0261. The molecule has 0 saturated carbocycles. The van der Waals surface area contributed by atoms with Crippen molar-refractivity contribution in [1.29, 1.82) is 0 Å². The molecule has 0 aromatic heterocycles. The molecular formula is C66H124O6. The Kier molecular flexibility index (Phi) is 59.6. The van der Waals surface area contributed by atoms with Gasteiger partial charge in [0.15, 0.2) is 6.10 Å². The third-order valence-electron chi connectivity index (χ3n) is 14.7. The fourth-order valence-corrected chi connectivity index (χ4v) is 9.82. The molecule has 0 bridgehead atoms. The first-order chi connectivity index (χ1) is 35.5. The van der Waals surface area contributed by atoms with Crippen molar-refractivity contribution in [2.75, 3.05) is 13.2 Å². The molecule has 0 amide bonds. The topological polar surface area (TPSA) is 78.9 Å². The van der Waals surface area contributed by atoms with Crippen LogP contribution in [0.1, 0.15) is 361 Å². The number of hydrogen-bond acceptors (Lipinski definition) is 6. The average molecular weight is 1010 g/mol. The lowest BCUT2D eigenvalue weighted by Gasteiger charge is -2.18. The van der Waals surface area contributed by atoms with Crippen LogP contribution in [0, 0.1) is 0 Å². The second kappa shape index (κ2) is 61.4. The molecule has 1 unspecified atom stereocenters. The maximum atomic E-state index is 12.9. The number of unbranched alkanes of at least 4 members (excludes halogenated alkanes) is 45. The molecule has 0 heterocycles. The van der Waals surface area contributed by atoms with Gasteiger partial charge in [0.05, 0.1) is 0 Å². The van der Waals surface area contributed by atoms with E-state index in [0.29, 0.717) is 19.3 Å². The van der Waals surface area contributed by atoms with E-state index in [1.807, 2.05) is 0 Å². The van der Waals surface area contributed by atoms with Crippen molar-refractivity contribution >= 4 is 17.9 Å². The van der Waals surface area contributed by atoms with Crippen molar-refractivity contribution in [3.63, 3.8) is 0 Å². The Bertz CT molecular complexity index is 1160. The molecule has 6 heteroatoms. The summed E-state index contributed by atoms with van der Waals surface area (Å²) in [6.07, 6.45) is 73.3. The first-order valence-corrected chi connectivity index (χ1v) is 32.3. The van der Waals surface area contributed by atoms with Gasteiger partial charge in [-0.15, -0.1) is 0 Å². The van der Waals surface area contributed by atoms with E-state index < -0.39 is 6.10 Å². The fraction of sp³-hybridized carbons (Fsp3) is 0.894. The lowest BCUT2D eigenvalue weighted by atomic mass is 10.0. The summed E-state index contributed by atoms with van der Waals surface area (Å²) in [7, 11) is 0. The highest BCUT2D eigenvalue weighted by Crippen LogP contribution is 2.18. The highest BCUT2D eigenvalue weighted by molar-refractivity contribution is 5.71. The summed E-state index contributed by atoms with van der Waals surface area (Å²) in [6.45, 7) is 6.66. The van der Waals surface area contributed by atoms with Crippen LogP contribution in [0.15, 0.2) is 24.3 Å². The first kappa shape index (κ1) is 69.9. The van der Waals surface area contributed by atoms with Crippen molar-refractivity contribution in [1.82, 2.24) is 0 Å². The van der Waals surface area contributed by atoms with E-state index in [1.54, 1.807) is 0 Å². The second-order valence-corrected chi connectivity index (χ2v) is 22.0. The van der Waals surface area contributed by atoms with Crippen molar-refractivity contribution in [3.05, 3.63) is 24.3 Å². The van der Waals surface area contributed by atoms with Gasteiger partial charge in [-0.2, -0.15) is 0 Å². The first-order valence-electron chi connectivity index (χ1n) is 32.3. The molecule has 0 rings (SSSR count). The van der Waals surface area contributed by atoms with Gasteiger partial charge in [-0.3, -0.25) is 14.4 Å². The van der Waals surface area contributed by atoms with Crippen molar-refractivity contribution in [3.8, 4) is 0 Å². The van der Waals surface area contributed by atoms with Crippen LogP contribution < -0.4 is 0 Å². The Morgan fingerprint density at radius 1 is 0.278 bits per heavy atom. The number of esters is 3. The van der Waals surface area contributed by atoms with Gasteiger partial charge in [0.25, 0.3) is 0 Å². The number of carbonyl (C=O) groups is 3. The Labute approximate surface area is 449 Å². The molecule has 0 aliphatic heterocycles. The van der Waals surface area contributed by atoms with Crippen LogP contribution in [0.5, 0.6) is 0 Å². The SMILES string of the molecule is CCCC/C=C\C/C=C\CCCCCCCC(=O)OCC(COC(=O)CCCCCCCCCCCCCCCCCCCCCC)OC(=O)CCCCCCCCCCCCCCCCCCCCCC. The maximum absolute atomic E-state index is 12.9. The van der Waals surface area contributed by atoms with Crippen LogP contribution in [-0.2, 0) is 28.6 Å². The molecule has 424 valence electrons. The van der Waals surface area contributed by atoms with E-state index in [2.05, 4.69) is 45.1 Å². The minimum Gasteiger partial charge on any atom is -0.462 e. The minimum atomic E-state index is -0.773. The van der Waals surface area contributed by atoms with Gasteiger partial charge in [-0.05, 0) is 44.9 Å². The zero-order valence-electron chi connectivity index (χ0n) is 48.7. The van der Waals surface area contributed by atoms with Crippen LogP contribution >= 0.6 is 0 Å². The lowest BCUT2D eigenvalue weighted by molar-refractivity contribution is -0.167. The van der Waals surface area contributed by atoms with Gasteiger partial charge < -0.3 is 14.2 Å². The van der Waals surface area contributed by atoms with E-state index in [4.69, 9.17) is 14.2 Å². The molecule has 0 aliphatic carbocycles. The van der Waals surface area contributed by atoms with Crippen molar-refractivity contribution < 1.29 is 28.6 Å². The molecular weight excluding hydrogens is 889 g/mol. The summed E-state index contributed by atoms with van der Waals surface area (Å²) < 4.78 is 16.9. The normalized spacial score (nSPS) is 12.1. The van der Waals surface area contributed by atoms with Gasteiger partial charge in [0.2, 0.25) is 0 Å². The highest BCUT2D eigenvalue weighted by atomic mass is 16.6. The third kappa shape index (κ3) is 58.8. The van der Waals surface area contributed by atoms with Crippen LogP contribution in [0.3, 0.4) is 0 Å². The minimum absolute atomic E-state index is 0.0696. The summed E-state index contributed by atoms with van der Waals surface area (Å²) in [5, 5.41) is 0. The number of rotatable bonds is 60. The number of hydrogen-bond donors (Lipinski definition) is 0. The van der Waals surface area contributed by atoms with Crippen molar-refractivity contribution in [2.45, 2.75) is 367 Å². The molecule has 0 fully saturated rings. The number of carbonyl (C=O) groups excluding carboxylic acids is 3. The summed E-state index contributed by atoms with van der Waals surface area (Å²) in [5.41, 5.74) is 0. The lowest BCUT2D eigenvalue weighted by Crippen LogP contribution is -2.30. The zero-order chi connectivity index (χ0) is 52.2. The summed E-state index contributed by atoms with van der Waals surface area (Å²) in [5.74, 6) is -0.855. The molecule has 1 atom stereocenters. The molecule has 0 spiro atoms. The molecule has 0 radical (unpaired) electrons. The third-order valence-corrected chi connectivity index (χ3v) is 14.7. The monoisotopic (exact) mass is 1010 g/mol. The Morgan fingerprint density at radius 2 is 0.514 bits per heavy atom. The summed E-state index contributed by atoms with van der Waals surface area (Å²) in [4.78, 5) is 38.3. The summed E-state index contributed by atoms with van der Waals surface area (Å²) >= 11 is 0. The van der Waals surface area contributed by atoms with Crippen LogP contribution in [0.25, 0.3) is 0 Å². The van der Waals surface area contributed by atoms with Gasteiger partial charge in [0, 0.05) is 19.3 Å². The predicted molar refractivity (Wildman–Crippen MR) is 312 cm³/mol. The molecule has 0 aromatic carbocycles. The predicted octanol–water partition coefficient (Wildman–Crippen LogP) is 21.8. The van der Waals surface area contributed by atoms with Crippen LogP contribution in [-0.4, -0.2) is 37.2 Å². The van der Waals surface area contributed by atoms with Gasteiger partial charge in [0.1, 0.15) is 13.2 Å². The smallest absolute Gasteiger partial charge is 0.306 e. The van der Waals surface area contributed by atoms with Gasteiger partial charge >= 0.3 is 17.9 Å². The zero-order valence-corrected chi connectivity index (χ0v) is 48.7. The second-order valence-electron chi connectivity index (χ2n) is 22.0. The standard InChI is InChI=1S/C66H124O6/c1-4-7-10-13-16-19-22-25-28-30-32-34-36-38-41-44-47-50-53-56-59-65(68)71-62-63(61-70-64(67)58-55-52-49-46-43-40-27-24-21-18-15-12-9-6-3)72-66(69)60-57-54-51-48-45-42-39-37-35-33-31-29-26-23-20-17-14-11-8-5-2/h15,18,24,27,63H,4-14,16-17,19-23,25-26,28-62H2,1-3H3/b18-15-,27-24-. The van der Waals surface area contributed by atoms with Gasteiger partial charge in [-0.25, -0.2) is 0 Å². The number of allylic oxidation sites excluding steroid dienone is 4. The Morgan fingerprint density at radius 3 is 0.806 bits per heavy atom. The number of ether oxygens (including phenoxy) is 3. The Balaban J connectivity index is 4.28. The maximum Gasteiger partial charge on any atom is 0.306 e. The van der Waals surface area contributed by atoms with Crippen LogP contribution in [0.4, 0.5) is 0 Å². The van der Waals surface area contributed by atoms with E-state index in [0.717, 1.165) is 77.0 Å². The van der Waals surface area contributed by atoms with E-state index in [9.17, 15) is 14.4 Å². The molecule has 0 N–H and O–H groups in total. The molecule has 6 nitrogen and oxygen atoms in total. The molecule has 0 saturated heterocycles. The van der Waals surface area contributed by atoms with Crippen LogP contribution in [0.2, 0.25) is 0 Å². The summed E-state index contributed by atoms with van der Waals surface area (Å²) in [6, 6.07) is 0. The van der Waals surface area contributed by atoms with E-state index >= 15 is 0 Å². The Hall–Kier alpha value is -2.11. The molecule has 0 aliphatic rings. The van der Waals surface area contributed by atoms with E-state index in [-0.39, 0.29) is 31.1 Å². The highest BCUT2D eigenvalue weighted by Gasteiger charge is 2.19. The largest absolute Gasteiger partial charge is 0.462 e. The fourth-order valence-electron chi connectivity index (χ4n) is 9.82.